The van der Waals surface area contributed by atoms with Crippen molar-refractivity contribution in [3.8, 4) is 0 Å². The van der Waals surface area contributed by atoms with E-state index in [0.717, 1.165) is 12.1 Å². The zero-order valence-corrected chi connectivity index (χ0v) is 9.94. The predicted octanol–water partition coefficient (Wildman–Crippen LogP) is 1.49. The smallest absolute Gasteiger partial charge is 0.258 e. The minimum atomic E-state index is -3.58. The van der Waals surface area contributed by atoms with Crippen LogP contribution in [0.5, 0.6) is 0 Å². The van der Waals surface area contributed by atoms with Gasteiger partial charge in [-0.1, -0.05) is 13.3 Å². The van der Waals surface area contributed by atoms with E-state index in [1.807, 2.05) is 0 Å². The van der Waals surface area contributed by atoms with Gasteiger partial charge in [0.2, 0.25) is 10.0 Å². The lowest BCUT2D eigenvalue weighted by molar-refractivity contribution is -0.384. The number of hydrogen-bond donors (Lipinski definition) is 1. The van der Waals surface area contributed by atoms with Crippen LogP contribution in [0.1, 0.15) is 12.8 Å². The van der Waals surface area contributed by atoms with Crippen LogP contribution in [0.25, 0.3) is 0 Å². The molecule has 1 aromatic rings. The van der Waals surface area contributed by atoms with Crippen LogP contribution in [-0.4, -0.2) is 19.9 Å². The third-order valence-electron chi connectivity index (χ3n) is 2.08. The Labute approximate surface area is 99.9 Å². The molecule has 0 unspecified atom stereocenters. The topological polar surface area (TPSA) is 89.3 Å². The number of nitro benzene ring substituents is 1. The highest BCUT2D eigenvalue weighted by Gasteiger charge is 2.14. The summed E-state index contributed by atoms with van der Waals surface area (Å²) in [6, 6.07) is 4.75. The standard InChI is InChI=1S/C10H13N2O4S/c1-2-3-8-11-17(15,16)10-6-4-9(5-7-10)12(13)14/h4-7,11H,1-3,8H2. The van der Waals surface area contributed by atoms with Gasteiger partial charge in [0.05, 0.1) is 9.82 Å². The molecule has 0 atom stereocenters. The van der Waals surface area contributed by atoms with E-state index in [4.69, 9.17) is 0 Å². The molecule has 0 spiro atoms. The van der Waals surface area contributed by atoms with Gasteiger partial charge in [-0.25, -0.2) is 13.1 Å². The number of unbranched alkanes of at least 4 members (excludes halogenated alkanes) is 1. The maximum atomic E-state index is 11.7. The van der Waals surface area contributed by atoms with E-state index in [1.165, 1.54) is 12.1 Å². The molecule has 6 nitrogen and oxygen atoms in total. The highest BCUT2D eigenvalue weighted by Crippen LogP contribution is 2.15. The fraction of sp³-hybridized carbons (Fsp3) is 0.300. The number of nitrogens with zero attached hydrogens (tertiary/aromatic N) is 1. The maximum absolute atomic E-state index is 11.7. The van der Waals surface area contributed by atoms with E-state index in [-0.39, 0.29) is 10.6 Å². The number of nitrogens with one attached hydrogen (secondary N) is 1. The quantitative estimate of drug-likeness (QED) is 0.475. The Morgan fingerprint density at radius 3 is 2.35 bits per heavy atom. The van der Waals surface area contributed by atoms with E-state index in [2.05, 4.69) is 11.6 Å². The maximum Gasteiger partial charge on any atom is 0.269 e. The normalized spacial score (nSPS) is 11.4. The number of non-ortho nitro benzene ring substituents is 1. The van der Waals surface area contributed by atoms with Crippen molar-refractivity contribution in [2.45, 2.75) is 17.7 Å². The Bertz CT molecular complexity index is 482. The third kappa shape index (κ3) is 3.79. The summed E-state index contributed by atoms with van der Waals surface area (Å²) in [6.45, 7) is 3.91. The van der Waals surface area contributed by atoms with Crippen LogP contribution in [0.4, 0.5) is 5.69 Å². The Morgan fingerprint density at radius 2 is 1.88 bits per heavy atom. The van der Waals surface area contributed by atoms with E-state index in [9.17, 15) is 18.5 Å². The summed E-state index contributed by atoms with van der Waals surface area (Å²) in [4.78, 5) is 9.85. The molecule has 1 aromatic carbocycles. The van der Waals surface area contributed by atoms with E-state index in [0.29, 0.717) is 19.4 Å². The monoisotopic (exact) mass is 257 g/mol. The first-order chi connectivity index (χ1) is 7.97. The van der Waals surface area contributed by atoms with Crippen LogP contribution in [0, 0.1) is 17.0 Å². The summed E-state index contributed by atoms with van der Waals surface area (Å²) in [5.41, 5.74) is -0.137. The summed E-state index contributed by atoms with van der Waals surface area (Å²) < 4.78 is 25.8. The zero-order chi connectivity index (χ0) is 12.9. The van der Waals surface area contributed by atoms with Gasteiger partial charge in [-0.15, -0.1) is 0 Å². The first-order valence-corrected chi connectivity index (χ1v) is 6.49. The van der Waals surface area contributed by atoms with Gasteiger partial charge in [0.25, 0.3) is 5.69 Å². The predicted molar refractivity (Wildman–Crippen MR) is 62.9 cm³/mol. The molecular weight excluding hydrogens is 244 g/mol. The fourth-order valence-corrected chi connectivity index (χ4v) is 2.24. The molecule has 0 saturated carbocycles. The lowest BCUT2D eigenvalue weighted by atomic mass is 10.3. The molecule has 0 aliphatic heterocycles. The highest BCUT2D eigenvalue weighted by molar-refractivity contribution is 7.89. The molecule has 0 saturated heterocycles. The largest absolute Gasteiger partial charge is 0.269 e. The van der Waals surface area contributed by atoms with Gasteiger partial charge >= 0.3 is 0 Å². The van der Waals surface area contributed by atoms with Crippen molar-refractivity contribution in [2.24, 2.45) is 0 Å². The van der Waals surface area contributed by atoms with Crippen molar-refractivity contribution in [2.75, 3.05) is 6.54 Å². The minimum Gasteiger partial charge on any atom is -0.258 e. The van der Waals surface area contributed by atoms with Gasteiger partial charge in [0.1, 0.15) is 0 Å². The lowest BCUT2D eigenvalue weighted by Gasteiger charge is -2.05. The average molecular weight is 257 g/mol. The Kier molecular flexibility index (Phi) is 4.59. The van der Waals surface area contributed by atoms with Crippen molar-refractivity contribution in [1.29, 1.82) is 0 Å². The van der Waals surface area contributed by atoms with E-state index >= 15 is 0 Å². The van der Waals surface area contributed by atoms with Crippen LogP contribution >= 0.6 is 0 Å². The van der Waals surface area contributed by atoms with Crippen LogP contribution in [0.3, 0.4) is 0 Å². The van der Waals surface area contributed by atoms with Crippen LogP contribution in [0.2, 0.25) is 0 Å². The van der Waals surface area contributed by atoms with Crippen molar-refractivity contribution in [3.05, 3.63) is 41.3 Å². The molecule has 7 heteroatoms. The molecule has 17 heavy (non-hydrogen) atoms. The van der Waals surface area contributed by atoms with Gasteiger partial charge < -0.3 is 0 Å². The number of sulfonamides is 1. The lowest BCUT2D eigenvalue weighted by Crippen LogP contribution is -2.24. The minimum absolute atomic E-state index is 0.0205. The number of hydrogen-bond acceptors (Lipinski definition) is 4. The molecule has 93 valence electrons. The number of nitro groups is 1. The average Bonchev–Trinajstić information content (AvgIpc) is 2.29. The highest BCUT2D eigenvalue weighted by atomic mass is 32.2. The van der Waals surface area contributed by atoms with Gasteiger partial charge in [-0.3, -0.25) is 10.1 Å². The molecule has 0 aliphatic rings. The number of rotatable bonds is 6. The summed E-state index contributed by atoms with van der Waals surface area (Å²) in [5, 5.41) is 10.4. The van der Waals surface area contributed by atoms with Gasteiger partial charge in [0.15, 0.2) is 0 Å². The Morgan fingerprint density at radius 1 is 1.29 bits per heavy atom. The van der Waals surface area contributed by atoms with Crippen molar-refractivity contribution in [3.63, 3.8) is 0 Å². The SMILES string of the molecule is [CH2]CCCNS(=O)(=O)c1ccc([N+](=O)[O-])cc1. The summed E-state index contributed by atoms with van der Waals surface area (Å²) >= 11 is 0. The first kappa shape index (κ1) is 13.6. The summed E-state index contributed by atoms with van der Waals surface area (Å²) in [7, 11) is -3.58. The fourth-order valence-electron chi connectivity index (χ4n) is 1.16. The van der Waals surface area contributed by atoms with Crippen molar-refractivity contribution >= 4 is 15.7 Å². The molecule has 0 heterocycles. The second-order valence-electron chi connectivity index (χ2n) is 3.36. The summed E-state index contributed by atoms with van der Waals surface area (Å²) in [5.74, 6) is 0. The molecular formula is C10H13N2O4S. The van der Waals surface area contributed by atoms with Crippen LogP contribution in [0.15, 0.2) is 29.2 Å². The molecule has 0 amide bonds. The van der Waals surface area contributed by atoms with E-state index in [1.54, 1.807) is 0 Å². The molecule has 0 fully saturated rings. The number of benzene rings is 1. The first-order valence-electron chi connectivity index (χ1n) is 5.01. The molecule has 0 aliphatic carbocycles. The Balaban J connectivity index is 2.81. The van der Waals surface area contributed by atoms with Gasteiger partial charge in [0, 0.05) is 18.7 Å². The van der Waals surface area contributed by atoms with Crippen LogP contribution < -0.4 is 4.72 Å². The Hall–Kier alpha value is -1.47. The van der Waals surface area contributed by atoms with Gasteiger partial charge in [-0.05, 0) is 18.6 Å². The van der Waals surface area contributed by atoms with Gasteiger partial charge in [-0.2, -0.15) is 0 Å². The molecule has 0 bridgehead atoms. The second kappa shape index (κ2) is 5.74. The van der Waals surface area contributed by atoms with Crippen molar-refractivity contribution < 1.29 is 13.3 Å². The molecule has 1 N–H and O–H groups in total. The third-order valence-corrected chi connectivity index (χ3v) is 3.55. The summed E-state index contributed by atoms with van der Waals surface area (Å²) in [6.07, 6.45) is 1.29. The molecule has 1 radical (unpaired) electrons. The second-order valence-corrected chi connectivity index (χ2v) is 5.12. The van der Waals surface area contributed by atoms with Crippen LogP contribution in [-0.2, 0) is 10.0 Å². The van der Waals surface area contributed by atoms with Crippen molar-refractivity contribution in [1.82, 2.24) is 4.72 Å². The molecule has 0 aromatic heterocycles. The van der Waals surface area contributed by atoms with E-state index < -0.39 is 14.9 Å². The zero-order valence-electron chi connectivity index (χ0n) is 9.13. The molecule has 1 rings (SSSR count).